The van der Waals surface area contributed by atoms with Crippen LogP contribution < -0.4 is 24.7 Å². The van der Waals surface area contributed by atoms with E-state index in [-0.39, 0.29) is 11.8 Å². The third-order valence-corrected chi connectivity index (χ3v) is 4.17. The Hall–Kier alpha value is -3.33. The standard InChI is InChI=1S/C19H18N2O4/c1-22-12-5-6-13-16(9-12)25-19(21)14(10-20)18(13)11-4-7-15(23-2)17(8-11)24-3/h4-9,18H,21H2,1-3H3. The quantitative estimate of drug-likeness (QED) is 0.922. The SMILES string of the molecule is COc1ccc2c(c1)OC(N)=C(C#N)C2c1ccc(OC)c(OC)c1. The van der Waals surface area contributed by atoms with Crippen LogP contribution in [0.1, 0.15) is 17.0 Å². The van der Waals surface area contributed by atoms with Gasteiger partial charge in [0, 0.05) is 11.6 Å². The molecule has 0 bridgehead atoms. The second kappa shape index (κ2) is 6.65. The molecule has 1 heterocycles. The lowest BCUT2D eigenvalue weighted by atomic mass is 9.83. The molecule has 0 saturated carbocycles. The van der Waals surface area contributed by atoms with Gasteiger partial charge in [0.2, 0.25) is 5.88 Å². The van der Waals surface area contributed by atoms with Gasteiger partial charge in [0.25, 0.3) is 0 Å². The number of allylic oxidation sites excluding steroid dienone is 1. The van der Waals surface area contributed by atoms with Crippen molar-refractivity contribution in [3.05, 3.63) is 59.0 Å². The monoisotopic (exact) mass is 338 g/mol. The third kappa shape index (κ3) is 2.81. The summed E-state index contributed by atoms with van der Waals surface area (Å²) in [5.41, 5.74) is 8.03. The van der Waals surface area contributed by atoms with Crippen LogP contribution in [0.25, 0.3) is 0 Å². The van der Waals surface area contributed by atoms with Gasteiger partial charge in [-0.25, -0.2) is 0 Å². The molecule has 128 valence electrons. The first kappa shape index (κ1) is 16.5. The summed E-state index contributed by atoms with van der Waals surface area (Å²) in [6.45, 7) is 0. The van der Waals surface area contributed by atoms with E-state index in [2.05, 4.69) is 6.07 Å². The first-order chi connectivity index (χ1) is 12.1. The summed E-state index contributed by atoms with van der Waals surface area (Å²) in [5.74, 6) is 2.14. The molecule has 0 fully saturated rings. The average Bonchev–Trinajstić information content (AvgIpc) is 2.65. The van der Waals surface area contributed by atoms with Crippen molar-refractivity contribution in [3.63, 3.8) is 0 Å². The van der Waals surface area contributed by atoms with Gasteiger partial charge in [-0.3, -0.25) is 0 Å². The van der Waals surface area contributed by atoms with Crippen molar-refractivity contribution < 1.29 is 18.9 Å². The zero-order valence-electron chi connectivity index (χ0n) is 14.2. The number of nitrogens with zero attached hydrogens (tertiary/aromatic N) is 1. The summed E-state index contributed by atoms with van der Waals surface area (Å²) in [6.07, 6.45) is 0. The maximum atomic E-state index is 9.60. The van der Waals surface area contributed by atoms with E-state index >= 15 is 0 Å². The Labute approximate surface area is 146 Å². The lowest BCUT2D eigenvalue weighted by molar-refractivity contribution is 0.354. The minimum absolute atomic E-state index is 0.0861. The number of nitriles is 1. The van der Waals surface area contributed by atoms with Gasteiger partial charge < -0.3 is 24.7 Å². The van der Waals surface area contributed by atoms with Crippen molar-refractivity contribution in [2.75, 3.05) is 21.3 Å². The second-order valence-corrected chi connectivity index (χ2v) is 5.44. The van der Waals surface area contributed by atoms with Gasteiger partial charge >= 0.3 is 0 Å². The van der Waals surface area contributed by atoms with Crippen LogP contribution >= 0.6 is 0 Å². The molecule has 0 radical (unpaired) electrons. The topological polar surface area (TPSA) is 86.7 Å². The van der Waals surface area contributed by atoms with Crippen LogP contribution in [-0.2, 0) is 0 Å². The molecule has 1 aliphatic heterocycles. The summed E-state index contributed by atoms with van der Waals surface area (Å²) in [5, 5.41) is 9.60. The summed E-state index contributed by atoms with van der Waals surface area (Å²) in [6, 6.07) is 13.1. The fourth-order valence-corrected chi connectivity index (χ4v) is 2.94. The van der Waals surface area contributed by atoms with Gasteiger partial charge in [0.05, 0.1) is 27.2 Å². The molecular formula is C19H18N2O4. The summed E-state index contributed by atoms with van der Waals surface area (Å²) < 4.78 is 21.5. The van der Waals surface area contributed by atoms with E-state index in [4.69, 9.17) is 24.7 Å². The van der Waals surface area contributed by atoms with Gasteiger partial charge in [-0.2, -0.15) is 5.26 Å². The van der Waals surface area contributed by atoms with Crippen molar-refractivity contribution in [2.24, 2.45) is 5.73 Å². The van der Waals surface area contributed by atoms with E-state index in [1.165, 1.54) is 0 Å². The van der Waals surface area contributed by atoms with Crippen molar-refractivity contribution in [3.8, 4) is 29.1 Å². The maximum Gasteiger partial charge on any atom is 0.205 e. The maximum absolute atomic E-state index is 9.60. The molecule has 1 unspecified atom stereocenters. The molecule has 25 heavy (non-hydrogen) atoms. The minimum atomic E-state index is -0.362. The summed E-state index contributed by atoms with van der Waals surface area (Å²) in [7, 11) is 4.72. The molecule has 0 saturated heterocycles. The Balaban J connectivity index is 2.18. The zero-order valence-corrected chi connectivity index (χ0v) is 14.2. The van der Waals surface area contributed by atoms with Gasteiger partial charge in [0.15, 0.2) is 11.5 Å². The van der Waals surface area contributed by atoms with Crippen LogP contribution in [-0.4, -0.2) is 21.3 Å². The molecule has 3 rings (SSSR count). The molecule has 0 spiro atoms. The fourth-order valence-electron chi connectivity index (χ4n) is 2.94. The number of ether oxygens (including phenoxy) is 4. The Bertz CT molecular complexity index is 883. The van der Waals surface area contributed by atoms with Crippen LogP contribution in [0.4, 0.5) is 0 Å². The van der Waals surface area contributed by atoms with Crippen molar-refractivity contribution >= 4 is 0 Å². The molecule has 1 aliphatic rings. The average molecular weight is 338 g/mol. The molecule has 1 atom stereocenters. The highest BCUT2D eigenvalue weighted by Crippen LogP contribution is 2.44. The third-order valence-electron chi connectivity index (χ3n) is 4.17. The summed E-state index contributed by atoms with van der Waals surface area (Å²) in [4.78, 5) is 0. The fraction of sp³-hybridized carbons (Fsp3) is 0.211. The Morgan fingerprint density at radius 2 is 1.76 bits per heavy atom. The lowest BCUT2D eigenvalue weighted by Gasteiger charge is -2.27. The number of fused-ring (bicyclic) bond motifs is 1. The lowest BCUT2D eigenvalue weighted by Crippen LogP contribution is -2.21. The van der Waals surface area contributed by atoms with Gasteiger partial charge in [-0.1, -0.05) is 12.1 Å². The van der Waals surface area contributed by atoms with E-state index in [0.717, 1.165) is 11.1 Å². The Morgan fingerprint density at radius 3 is 2.40 bits per heavy atom. The van der Waals surface area contributed by atoms with Crippen molar-refractivity contribution in [2.45, 2.75) is 5.92 Å². The minimum Gasteiger partial charge on any atom is -0.497 e. The largest absolute Gasteiger partial charge is 0.497 e. The van der Waals surface area contributed by atoms with Crippen LogP contribution in [0.15, 0.2) is 47.9 Å². The second-order valence-electron chi connectivity index (χ2n) is 5.44. The number of hydrogen-bond acceptors (Lipinski definition) is 6. The summed E-state index contributed by atoms with van der Waals surface area (Å²) >= 11 is 0. The zero-order chi connectivity index (χ0) is 18.0. The smallest absolute Gasteiger partial charge is 0.205 e. The van der Waals surface area contributed by atoms with Crippen LogP contribution in [0.3, 0.4) is 0 Å². The van der Waals surface area contributed by atoms with Crippen LogP contribution in [0.2, 0.25) is 0 Å². The van der Waals surface area contributed by atoms with E-state index in [9.17, 15) is 5.26 Å². The van der Waals surface area contributed by atoms with Crippen molar-refractivity contribution in [1.82, 2.24) is 0 Å². The molecular weight excluding hydrogens is 320 g/mol. The molecule has 0 aliphatic carbocycles. The number of hydrogen-bond donors (Lipinski definition) is 1. The number of rotatable bonds is 4. The van der Waals surface area contributed by atoms with Crippen molar-refractivity contribution in [1.29, 1.82) is 5.26 Å². The normalized spacial score (nSPS) is 15.7. The highest BCUT2D eigenvalue weighted by Gasteiger charge is 2.31. The molecule has 2 aromatic rings. The Morgan fingerprint density at radius 1 is 1.00 bits per heavy atom. The number of methoxy groups -OCH3 is 3. The number of benzene rings is 2. The first-order valence-corrected chi connectivity index (χ1v) is 7.60. The molecule has 2 aromatic carbocycles. The molecule has 0 aromatic heterocycles. The Kier molecular flexibility index (Phi) is 4.40. The van der Waals surface area contributed by atoms with E-state index in [0.29, 0.717) is 28.6 Å². The predicted octanol–water partition coefficient (Wildman–Crippen LogP) is 2.93. The van der Waals surface area contributed by atoms with Gasteiger partial charge in [0.1, 0.15) is 23.1 Å². The number of nitrogens with two attached hydrogens (primary N) is 1. The van der Waals surface area contributed by atoms with Crippen LogP contribution in [0.5, 0.6) is 23.0 Å². The highest BCUT2D eigenvalue weighted by molar-refractivity contribution is 5.59. The first-order valence-electron chi connectivity index (χ1n) is 7.60. The van der Waals surface area contributed by atoms with Crippen LogP contribution in [0, 0.1) is 11.3 Å². The highest BCUT2D eigenvalue weighted by atomic mass is 16.5. The van der Waals surface area contributed by atoms with E-state index < -0.39 is 0 Å². The molecule has 0 amide bonds. The van der Waals surface area contributed by atoms with E-state index in [1.807, 2.05) is 24.3 Å². The predicted molar refractivity (Wildman–Crippen MR) is 91.8 cm³/mol. The van der Waals surface area contributed by atoms with Gasteiger partial charge in [-0.15, -0.1) is 0 Å². The molecule has 6 heteroatoms. The molecule has 6 nitrogen and oxygen atoms in total. The van der Waals surface area contributed by atoms with Gasteiger partial charge in [-0.05, 0) is 23.8 Å². The molecule has 2 N–H and O–H groups in total. The van der Waals surface area contributed by atoms with E-state index in [1.54, 1.807) is 33.5 Å².